The smallest absolute Gasteiger partial charge is 0.419 e. The van der Waals surface area contributed by atoms with Crippen LogP contribution >= 0.6 is 11.3 Å². The van der Waals surface area contributed by atoms with E-state index in [4.69, 9.17) is 4.74 Å². The van der Waals surface area contributed by atoms with Gasteiger partial charge in [-0.25, -0.2) is 9.78 Å². The van der Waals surface area contributed by atoms with Crippen molar-refractivity contribution in [3.8, 4) is 0 Å². The first-order valence-corrected chi connectivity index (χ1v) is 10.4. The summed E-state index contributed by atoms with van der Waals surface area (Å²) in [5, 5.41) is 14.3. The van der Waals surface area contributed by atoms with Gasteiger partial charge in [0.2, 0.25) is 0 Å². The van der Waals surface area contributed by atoms with Gasteiger partial charge in [0.15, 0.2) is 0 Å². The van der Waals surface area contributed by atoms with E-state index >= 15 is 0 Å². The van der Waals surface area contributed by atoms with Crippen LogP contribution in [0, 0.1) is 5.92 Å². The molecule has 154 valence electrons. The largest absolute Gasteiger partial charge is 0.443 e. The van der Waals surface area contributed by atoms with Crippen LogP contribution in [0.4, 0.5) is 4.79 Å². The highest BCUT2D eigenvalue weighted by molar-refractivity contribution is 7.10. The van der Waals surface area contributed by atoms with Gasteiger partial charge in [0.05, 0.1) is 16.9 Å². The number of hydrogen-bond acceptors (Lipinski definition) is 6. The lowest BCUT2D eigenvalue weighted by Crippen LogP contribution is -2.26. The second-order valence-electron chi connectivity index (χ2n) is 8.19. The number of para-hydroxylation sites is 1. The minimum atomic E-state index is -0.951. The zero-order valence-corrected chi connectivity index (χ0v) is 18.4. The first-order valence-electron chi connectivity index (χ1n) is 9.56. The van der Waals surface area contributed by atoms with Crippen LogP contribution in [0.2, 0.25) is 0 Å². The fourth-order valence-electron chi connectivity index (χ4n) is 3.22. The third kappa shape index (κ3) is 4.41. The number of rotatable bonds is 4. The van der Waals surface area contributed by atoms with E-state index in [-0.39, 0.29) is 5.92 Å². The molecule has 0 aliphatic rings. The van der Waals surface area contributed by atoms with Gasteiger partial charge in [-0.05, 0) is 32.8 Å². The standard InChI is InChI=1S/C22H27N3O3S/c1-13(2)18(23-6)16-12-29-20(24-16)19(26)15-11-25(21(27)28-22(3,4)5)17-10-8-7-9-14(15)17/h7-13,19,26H,1-6H3/b23-18-. The van der Waals surface area contributed by atoms with E-state index in [2.05, 4.69) is 23.8 Å². The number of aromatic nitrogens is 2. The Balaban J connectivity index is 2.02. The Morgan fingerprint density at radius 2 is 1.97 bits per heavy atom. The molecule has 0 amide bonds. The lowest BCUT2D eigenvalue weighted by molar-refractivity contribution is 0.0544. The van der Waals surface area contributed by atoms with E-state index in [0.717, 1.165) is 16.8 Å². The maximum atomic E-state index is 12.7. The molecular weight excluding hydrogens is 386 g/mol. The number of carbonyl (C=O) groups excluding carboxylic acids is 1. The summed E-state index contributed by atoms with van der Waals surface area (Å²) in [6, 6.07) is 7.46. The Morgan fingerprint density at radius 1 is 1.28 bits per heavy atom. The molecule has 0 saturated heterocycles. The molecule has 1 unspecified atom stereocenters. The number of nitrogens with zero attached hydrogens (tertiary/aromatic N) is 3. The van der Waals surface area contributed by atoms with Crippen LogP contribution in [-0.2, 0) is 4.74 Å². The molecule has 0 spiro atoms. The van der Waals surface area contributed by atoms with Crippen molar-refractivity contribution in [1.29, 1.82) is 0 Å². The number of fused-ring (bicyclic) bond motifs is 1. The van der Waals surface area contributed by atoms with Gasteiger partial charge >= 0.3 is 6.09 Å². The Kier molecular flexibility index (Phi) is 5.91. The maximum Gasteiger partial charge on any atom is 0.419 e. The monoisotopic (exact) mass is 413 g/mol. The Hall–Kier alpha value is -2.51. The first-order chi connectivity index (χ1) is 13.6. The average Bonchev–Trinajstić information content (AvgIpc) is 3.25. The van der Waals surface area contributed by atoms with Crippen LogP contribution in [0.3, 0.4) is 0 Å². The predicted octanol–water partition coefficient (Wildman–Crippen LogP) is 5.04. The van der Waals surface area contributed by atoms with E-state index < -0.39 is 17.8 Å². The second kappa shape index (κ2) is 8.08. The Labute approximate surface area is 174 Å². The van der Waals surface area contributed by atoms with Crippen molar-refractivity contribution >= 4 is 34.0 Å². The summed E-state index contributed by atoms with van der Waals surface area (Å²) in [5.41, 5.74) is 2.36. The van der Waals surface area contributed by atoms with Crippen molar-refractivity contribution in [3.05, 3.63) is 52.1 Å². The Bertz CT molecular complexity index is 1060. The SMILES string of the molecule is C/N=C(\c1csc(C(O)c2cn(C(=O)OC(C)(C)C)c3ccccc23)n1)C(C)C. The number of aliphatic imine (C=N–C) groups is 1. The van der Waals surface area contributed by atoms with Gasteiger partial charge in [-0.1, -0.05) is 32.0 Å². The molecule has 2 heterocycles. The van der Waals surface area contributed by atoms with Crippen LogP contribution in [0.1, 0.15) is 57.0 Å². The number of aliphatic hydroxyl groups is 1. The molecule has 0 aliphatic carbocycles. The van der Waals surface area contributed by atoms with Crippen LogP contribution in [-0.4, -0.2) is 39.1 Å². The topological polar surface area (TPSA) is 76.7 Å². The predicted molar refractivity (Wildman–Crippen MR) is 117 cm³/mol. The van der Waals surface area contributed by atoms with E-state index in [1.54, 1.807) is 13.2 Å². The number of ether oxygens (including phenoxy) is 1. The van der Waals surface area contributed by atoms with E-state index in [1.807, 2.05) is 50.4 Å². The molecule has 0 radical (unpaired) electrons. The summed E-state index contributed by atoms with van der Waals surface area (Å²) in [5.74, 6) is 0.237. The van der Waals surface area contributed by atoms with Gasteiger partial charge in [-0.15, -0.1) is 11.3 Å². The number of carbonyl (C=O) groups is 1. The van der Waals surface area contributed by atoms with Gasteiger partial charge < -0.3 is 9.84 Å². The van der Waals surface area contributed by atoms with Crippen molar-refractivity contribution in [2.24, 2.45) is 10.9 Å². The van der Waals surface area contributed by atoms with Gasteiger partial charge in [0, 0.05) is 29.6 Å². The van der Waals surface area contributed by atoms with Crippen LogP contribution in [0.15, 0.2) is 40.8 Å². The number of thiazole rings is 1. The molecule has 7 heteroatoms. The molecule has 3 rings (SSSR count). The first kappa shape index (κ1) is 21.2. The summed E-state index contributed by atoms with van der Waals surface area (Å²) in [7, 11) is 1.75. The number of benzene rings is 1. The van der Waals surface area contributed by atoms with Crippen molar-refractivity contribution in [2.75, 3.05) is 7.05 Å². The fraction of sp³-hybridized carbons (Fsp3) is 0.409. The number of hydrogen-bond donors (Lipinski definition) is 1. The molecule has 29 heavy (non-hydrogen) atoms. The summed E-state index contributed by atoms with van der Waals surface area (Å²) < 4.78 is 6.97. The average molecular weight is 414 g/mol. The molecule has 6 nitrogen and oxygen atoms in total. The van der Waals surface area contributed by atoms with Crippen molar-refractivity contribution in [2.45, 2.75) is 46.3 Å². The maximum absolute atomic E-state index is 12.7. The molecule has 1 N–H and O–H groups in total. The quantitative estimate of drug-likeness (QED) is 0.608. The molecule has 0 aliphatic heterocycles. The third-order valence-electron chi connectivity index (χ3n) is 4.43. The zero-order valence-electron chi connectivity index (χ0n) is 17.6. The number of aliphatic hydroxyl groups excluding tert-OH is 1. The highest BCUT2D eigenvalue weighted by Crippen LogP contribution is 2.33. The van der Waals surface area contributed by atoms with E-state index in [0.29, 0.717) is 16.1 Å². The minimum Gasteiger partial charge on any atom is -0.443 e. The highest BCUT2D eigenvalue weighted by atomic mass is 32.1. The van der Waals surface area contributed by atoms with Crippen LogP contribution in [0.5, 0.6) is 0 Å². The van der Waals surface area contributed by atoms with Gasteiger partial charge in [0.1, 0.15) is 16.7 Å². The third-order valence-corrected chi connectivity index (χ3v) is 5.33. The summed E-state index contributed by atoms with van der Waals surface area (Å²) in [6.45, 7) is 9.60. The molecule has 0 bridgehead atoms. The highest BCUT2D eigenvalue weighted by Gasteiger charge is 2.25. The lowest BCUT2D eigenvalue weighted by atomic mass is 10.1. The molecule has 3 aromatic rings. The molecule has 1 aromatic carbocycles. The van der Waals surface area contributed by atoms with E-state index in [1.165, 1.54) is 15.9 Å². The summed E-state index contributed by atoms with van der Waals surface area (Å²) >= 11 is 1.38. The van der Waals surface area contributed by atoms with E-state index in [9.17, 15) is 9.90 Å². The molecule has 0 saturated carbocycles. The second-order valence-corrected chi connectivity index (χ2v) is 9.08. The molecule has 2 aromatic heterocycles. The summed E-state index contributed by atoms with van der Waals surface area (Å²) in [4.78, 5) is 21.6. The minimum absolute atomic E-state index is 0.237. The normalized spacial score (nSPS) is 13.9. The van der Waals surface area contributed by atoms with Crippen LogP contribution < -0.4 is 0 Å². The van der Waals surface area contributed by atoms with Gasteiger partial charge in [-0.3, -0.25) is 9.56 Å². The van der Waals surface area contributed by atoms with Crippen molar-refractivity contribution in [1.82, 2.24) is 9.55 Å². The molecule has 0 fully saturated rings. The zero-order chi connectivity index (χ0) is 21.3. The van der Waals surface area contributed by atoms with Crippen molar-refractivity contribution in [3.63, 3.8) is 0 Å². The molecular formula is C22H27N3O3S. The Morgan fingerprint density at radius 3 is 2.59 bits per heavy atom. The van der Waals surface area contributed by atoms with Gasteiger partial charge in [0.25, 0.3) is 0 Å². The fourth-order valence-corrected chi connectivity index (χ4v) is 4.03. The van der Waals surface area contributed by atoms with Gasteiger partial charge in [-0.2, -0.15) is 0 Å². The van der Waals surface area contributed by atoms with Crippen LogP contribution in [0.25, 0.3) is 10.9 Å². The summed E-state index contributed by atoms with van der Waals surface area (Å²) in [6.07, 6.45) is 0.210. The van der Waals surface area contributed by atoms with Crippen molar-refractivity contribution < 1.29 is 14.6 Å². The molecule has 1 atom stereocenters. The lowest BCUT2D eigenvalue weighted by Gasteiger charge is -2.19.